The first-order valence-corrected chi connectivity index (χ1v) is 2.02. The van der Waals surface area contributed by atoms with E-state index in [1.807, 2.05) is 0 Å². The van der Waals surface area contributed by atoms with Crippen LogP contribution in [0.25, 0.3) is 0 Å². The lowest BCUT2D eigenvalue weighted by atomic mass is 10.3. The smallest absolute Gasteiger partial charge is 0.401 e. The molecule has 7 heavy (non-hydrogen) atoms. The van der Waals surface area contributed by atoms with Gasteiger partial charge in [-0.2, -0.15) is 0 Å². The first-order valence-electron chi connectivity index (χ1n) is 2.02. The minimum Gasteiger partial charge on any atom is -0.401 e. The van der Waals surface area contributed by atoms with Gasteiger partial charge in [-0.15, -0.1) is 0 Å². The van der Waals surface area contributed by atoms with Crippen molar-refractivity contribution >= 4 is 7.32 Å². The molecule has 0 bridgehead atoms. The third-order valence-corrected chi connectivity index (χ3v) is 0.333. The van der Waals surface area contributed by atoms with Crippen molar-refractivity contribution in [3.05, 3.63) is 0 Å². The Morgan fingerprint density at radius 2 is 2.29 bits per heavy atom. The summed E-state index contributed by atoms with van der Waals surface area (Å²) in [6.07, 6.45) is 0. The summed E-state index contributed by atoms with van der Waals surface area (Å²) in [5, 5.41) is 15.9. The van der Waals surface area contributed by atoms with Crippen LogP contribution in [0.2, 0.25) is 0 Å². The molecule has 0 amide bonds. The summed E-state index contributed by atoms with van der Waals surface area (Å²) in [4.78, 5) is 0. The molecule has 0 radical (unpaired) electrons. The van der Waals surface area contributed by atoms with E-state index >= 15 is 0 Å². The summed E-state index contributed by atoms with van der Waals surface area (Å²) in [5.74, 6) is 0. The molecule has 0 fully saturated rings. The van der Waals surface area contributed by atoms with Crippen LogP contribution in [-0.2, 0) is 4.76 Å². The minimum absolute atomic E-state index is 0.553. The van der Waals surface area contributed by atoms with E-state index in [2.05, 4.69) is 10.2 Å². The molecular formula is C2H8BNO3. The first-order chi connectivity index (χ1) is 3.27. The molecule has 0 aliphatic rings. The summed E-state index contributed by atoms with van der Waals surface area (Å²) >= 11 is 0. The molecule has 0 aromatic carbocycles. The topological polar surface area (TPSA) is 61.7 Å². The molecule has 0 heterocycles. The Kier molecular flexibility index (Phi) is 4.02. The van der Waals surface area contributed by atoms with Crippen molar-refractivity contribution in [2.75, 3.05) is 6.54 Å². The summed E-state index contributed by atoms with van der Waals surface area (Å²) in [6.45, 7) is 2.33. The monoisotopic (exact) mass is 105 g/mol. The fourth-order valence-corrected chi connectivity index (χ4v) is 0.158. The van der Waals surface area contributed by atoms with E-state index in [0.717, 1.165) is 0 Å². The fraction of sp³-hybridized carbons (Fsp3) is 1.00. The van der Waals surface area contributed by atoms with Gasteiger partial charge in [0.05, 0.1) is 0 Å². The standard InChI is InChI=1S/C2H8BNO3/c1-2-4-7-3(5)6/h4-6H,2H2,1H3. The predicted molar refractivity (Wildman–Crippen MR) is 25.0 cm³/mol. The van der Waals surface area contributed by atoms with Gasteiger partial charge >= 0.3 is 7.32 Å². The molecule has 0 spiro atoms. The zero-order chi connectivity index (χ0) is 5.70. The largest absolute Gasteiger partial charge is 0.651 e. The van der Waals surface area contributed by atoms with Crippen molar-refractivity contribution in [1.82, 2.24) is 5.48 Å². The molecule has 4 nitrogen and oxygen atoms in total. The SMILES string of the molecule is CCNOB(O)O. The molecule has 0 aliphatic carbocycles. The maximum absolute atomic E-state index is 7.95. The highest BCUT2D eigenvalue weighted by Gasteiger charge is 2.05. The van der Waals surface area contributed by atoms with Crippen LogP contribution in [-0.4, -0.2) is 23.9 Å². The van der Waals surface area contributed by atoms with Crippen LogP contribution < -0.4 is 5.48 Å². The van der Waals surface area contributed by atoms with Gasteiger partial charge in [-0.3, -0.25) is 0 Å². The summed E-state index contributed by atoms with van der Waals surface area (Å²) in [6, 6.07) is 0. The first kappa shape index (κ1) is 6.90. The van der Waals surface area contributed by atoms with Gasteiger partial charge in [0.1, 0.15) is 0 Å². The van der Waals surface area contributed by atoms with Crippen molar-refractivity contribution in [3.8, 4) is 0 Å². The number of hydroxylamine groups is 1. The van der Waals surface area contributed by atoms with Gasteiger partial charge in [0.15, 0.2) is 0 Å². The summed E-state index contributed by atoms with van der Waals surface area (Å²) < 4.78 is 4.05. The highest BCUT2D eigenvalue weighted by atomic mass is 16.7. The molecule has 42 valence electrons. The van der Waals surface area contributed by atoms with Gasteiger partial charge in [-0.05, 0) is 0 Å². The van der Waals surface area contributed by atoms with E-state index in [4.69, 9.17) is 10.0 Å². The molecule has 0 saturated heterocycles. The molecule has 0 saturated carbocycles. The van der Waals surface area contributed by atoms with Crippen molar-refractivity contribution in [2.24, 2.45) is 0 Å². The lowest BCUT2D eigenvalue weighted by Crippen LogP contribution is -2.27. The van der Waals surface area contributed by atoms with E-state index in [1.165, 1.54) is 0 Å². The number of hydrogen-bond acceptors (Lipinski definition) is 4. The van der Waals surface area contributed by atoms with Crippen LogP contribution in [0.3, 0.4) is 0 Å². The molecule has 0 atom stereocenters. The van der Waals surface area contributed by atoms with E-state index in [9.17, 15) is 0 Å². The Balaban J connectivity index is 2.68. The molecule has 0 rings (SSSR count). The van der Waals surface area contributed by atoms with Gasteiger partial charge < -0.3 is 14.8 Å². The average Bonchev–Trinajstić information content (AvgIpc) is 1.61. The number of nitrogens with one attached hydrogen (secondary N) is 1. The van der Waals surface area contributed by atoms with E-state index in [0.29, 0.717) is 6.54 Å². The Morgan fingerprint density at radius 3 is 2.43 bits per heavy atom. The van der Waals surface area contributed by atoms with Gasteiger partial charge in [0.25, 0.3) is 0 Å². The van der Waals surface area contributed by atoms with E-state index in [1.54, 1.807) is 6.92 Å². The Morgan fingerprint density at radius 1 is 1.71 bits per heavy atom. The maximum Gasteiger partial charge on any atom is 0.651 e. The zero-order valence-electron chi connectivity index (χ0n) is 4.09. The highest BCUT2D eigenvalue weighted by Crippen LogP contribution is 1.64. The summed E-state index contributed by atoms with van der Waals surface area (Å²) in [7, 11) is -1.71. The van der Waals surface area contributed by atoms with Crippen molar-refractivity contribution in [3.63, 3.8) is 0 Å². The minimum atomic E-state index is -1.71. The van der Waals surface area contributed by atoms with Gasteiger partial charge in [0.2, 0.25) is 0 Å². The number of rotatable bonds is 3. The summed E-state index contributed by atoms with van der Waals surface area (Å²) in [5.41, 5.74) is 2.25. The Labute approximate surface area is 42.2 Å². The third kappa shape index (κ3) is 5.90. The van der Waals surface area contributed by atoms with Crippen LogP contribution in [0.1, 0.15) is 6.92 Å². The fourth-order valence-electron chi connectivity index (χ4n) is 0.158. The van der Waals surface area contributed by atoms with Crippen LogP contribution in [0, 0.1) is 0 Å². The zero-order valence-corrected chi connectivity index (χ0v) is 4.09. The second kappa shape index (κ2) is 4.07. The van der Waals surface area contributed by atoms with Crippen LogP contribution in [0.5, 0.6) is 0 Å². The maximum atomic E-state index is 7.95. The molecule has 5 heteroatoms. The molecule has 0 aromatic rings. The quantitative estimate of drug-likeness (QED) is 0.302. The van der Waals surface area contributed by atoms with Gasteiger partial charge in [-0.25, -0.2) is 5.48 Å². The van der Waals surface area contributed by atoms with Crippen LogP contribution >= 0.6 is 0 Å². The molecule has 0 unspecified atom stereocenters. The Bertz CT molecular complexity index is 41.9. The highest BCUT2D eigenvalue weighted by molar-refractivity contribution is 6.32. The van der Waals surface area contributed by atoms with Crippen molar-refractivity contribution in [1.29, 1.82) is 0 Å². The second-order valence-electron chi connectivity index (χ2n) is 0.942. The predicted octanol–water partition coefficient (Wildman–Crippen LogP) is -1.50. The Hall–Kier alpha value is -0.0951. The number of hydrogen-bond donors (Lipinski definition) is 3. The molecule has 0 aliphatic heterocycles. The molecule has 3 N–H and O–H groups in total. The van der Waals surface area contributed by atoms with Crippen LogP contribution in [0.15, 0.2) is 0 Å². The van der Waals surface area contributed by atoms with E-state index < -0.39 is 7.32 Å². The lowest BCUT2D eigenvalue weighted by Gasteiger charge is -1.97. The molecular weight excluding hydrogens is 96.8 g/mol. The second-order valence-corrected chi connectivity index (χ2v) is 0.942. The van der Waals surface area contributed by atoms with Crippen molar-refractivity contribution in [2.45, 2.75) is 6.92 Å². The lowest BCUT2D eigenvalue weighted by molar-refractivity contribution is 0.113. The third-order valence-electron chi connectivity index (χ3n) is 0.333. The van der Waals surface area contributed by atoms with Gasteiger partial charge in [-0.1, -0.05) is 6.92 Å². The van der Waals surface area contributed by atoms with Crippen molar-refractivity contribution < 1.29 is 14.8 Å². The normalized spacial score (nSPS) is 9.00. The van der Waals surface area contributed by atoms with Crippen LogP contribution in [0.4, 0.5) is 0 Å². The van der Waals surface area contributed by atoms with Gasteiger partial charge in [0, 0.05) is 6.54 Å². The average molecular weight is 105 g/mol. The van der Waals surface area contributed by atoms with E-state index in [-0.39, 0.29) is 0 Å². The molecule has 0 aromatic heterocycles.